The number of carbonyl (C=O) groups is 3. The van der Waals surface area contributed by atoms with Gasteiger partial charge in [0.1, 0.15) is 17.8 Å². The number of hydrogen-bond acceptors (Lipinski definition) is 4. The molecule has 3 amide bonds. The Hall–Kier alpha value is -2.38. The van der Waals surface area contributed by atoms with Crippen molar-refractivity contribution in [3.63, 3.8) is 0 Å². The summed E-state index contributed by atoms with van der Waals surface area (Å²) >= 11 is 0. The highest BCUT2D eigenvalue weighted by Crippen LogP contribution is 2.25. The molecule has 0 aromatic carbocycles. The predicted octanol–water partition coefficient (Wildman–Crippen LogP) is 0.571. The highest BCUT2D eigenvalue weighted by Gasteiger charge is 2.47. The second-order valence-electron chi connectivity index (χ2n) is 8.93. The number of piperazine rings is 1. The van der Waals surface area contributed by atoms with Gasteiger partial charge in [0.25, 0.3) is 5.91 Å². The van der Waals surface area contributed by atoms with E-state index in [4.69, 9.17) is 0 Å². The zero-order valence-electron chi connectivity index (χ0n) is 16.9. The van der Waals surface area contributed by atoms with Gasteiger partial charge >= 0.3 is 0 Å². The number of amides is 3. The zero-order chi connectivity index (χ0) is 20.1. The average molecular weight is 375 g/mol. The molecule has 2 aliphatic heterocycles. The van der Waals surface area contributed by atoms with Crippen molar-refractivity contribution in [1.82, 2.24) is 25.3 Å². The standard InChI is InChI=1S/C19H29N5O3/c1-10(2)15-18(27)24-9-11(7-13(24)17(26)21-15)20-16(25)12-8-14(19(3,4)5)22-23(12)6/h8,10-11,13,15H,7,9H2,1-6H3,(H,20,25)(H,21,26)/t11-,13-,15-/m0/s1. The minimum atomic E-state index is -0.505. The molecule has 1 aromatic rings. The first kappa shape index (κ1) is 19.4. The van der Waals surface area contributed by atoms with E-state index >= 15 is 0 Å². The van der Waals surface area contributed by atoms with Gasteiger partial charge in [-0.2, -0.15) is 5.10 Å². The molecule has 0 saturated carbocycles. The smallest absolute Gasteiger partial charge is 0.269 e. The quantitative estimate of drug-likeness (QED) is 0.807. The molecule has 1 aromatic heterocycles. The van der Waals surface area contributed by atoms with Gasteiger partial charge in [0.05, 0.1) is 5.69 Å². The molecular formula is C19H29N5O3. The molecule has 0 radical (unpaired) electrons. The van der Waals surface area contributed by atoms with E-state index in [-0.39, 0.29) is 35.1 Å². The lowest BCUT2D eigenvalue weighted by molar-refractivity contribution is -0.148. The van der Waals surface area contributed by atoms with E-state index < -0.39 is 12.1 Å². The van der Waals surface area contributed by atoms with Crippen molar-refractivity contribution in [1.29, 1.82) is 0 Å². The van der Waals surface area contributed by atoms with E-state index in [1.807, 2.05) is 34.6 Å². The molecule has 3 rings (SSSR count). The van der Waals surface area contributed by atoms with E-state index in [2.05, 4.69) is 15.7 Å². The molecule has 0 aliphatic carbocycles. The first-order chi connectivity index (χ1) is 12.5. The molecule has 27 heavy (non-hydrogen) atoms. The molecule has 2 N–H and O–H groups in total. The maximum Gasteiger partial charge on any atom is 0.269 e. The van der Waals surface area contributed by atoms with Gasteiger partial charge in [0.2, 0.25) is 11.8 Å². The molecule has 2 fully saturated rings. The molecule has 0 bridgehead atoms. The number of hydrogen-bond donors (Lipinski definition) is 2. The highest BCUT2D eigenvalue weighted by atomic mass is 16.2. The van der Waals surface area contributed by atoms with Crippen molar-refractivity contribution in [3.05, 3.63) is 17.5 Å². The first-order valence-corrected chi connectivity index (χ1v) is 9.45. The number of rotatable bonds is 3. The Morgan fingerprint density at radius 1 is 1.33 bits per heavy atom. The fourth-order valence-electron chi connectivity index (χ4n) is 3.68. The second-order valence-corrected chi connectivity index (χ2v) is 8.93. The Morgan fingerprint density at radius 2 is 2.00 bits per heavy atom. The summed E-state index contributed by atoms with van der Waals surface area (Å²) in [6, 6.07) is 0.546. The molecule has 0 spiro atoms. The number of nitrogens with zero attached hydrogens (tertiary/aromatic N) is 3. The Labute approximate surface area is 159 Å². The lowest BCUT2D eigenvalue weighted by atomic mass is 9.92. The van der Waals surface area contributed by atoms with Crippen LogP contribution in [0.2, 0.25) is 0 Å². The van der Waals surface area contributed by atoms with Crippen molar-refractivity contribution >= 4 is 17.7 Å². The van der Waals surface area contributed by atoms with E-state index in [1.165, 1.54) is 0 Å². The second kappa shape index (κ2) is 6.65. The molecule has 2 aliphatic rings. The summed E-state index contributed by atoms with van der Waals surface area (Å²) in [5.41, 5.74) is 1.16. The monoisotopic (exact) mass is 375 g/mol. The largest absolute Gasteiger partial charge is 0.346 e. The molecule has 3 atom stereocenters. The molecule has 8 nitrogen and oxygen atoms in total. The zero-order valence-corrected chi connectivity index (χ0v) is 16.9. The van der Waals surface area contributed by atoms with Crippen LogP contribution < -0.4 is 10.6 Å². The highest BCUT2D eigenvalue weighted by molar-refractivity contribution is 5.98. The van der Waals surface area contributed by atoms with Gasteiger partial charge in [-0.05, 0) is 18.4 Å². The number of nitrogens with one attached hydrogen (secondary N) is 2. The number of aromatic nitrogens is 2. The average Bonchev–Trinajstić information content (AvgIpc) is 3.14. The third-order valence-electron chi connectivity index (χ3n) is 5.33. The van der Waals surface area contributed by atoms with Crippen LogP contribution in [0.3, 0.4) is 0 Å². The van der Waals surface area contributed by atoms with Crippen molar-refractivity contribution in [3.8, 4) is 0 Å². The van der Waals surface area contributed by atoms with Crippen molar-refractivity contribution < 1.29 is 14.4 Å². The summed E-state index contributed by atoms with van der Waals surface area (Å²) < 4.78 is 1.57. The van der Waals surface area contributed by atoms with Gasteiger partial charge in [-0.25, -0.2) is 0 Å². The number of aryl methyl sites for hydroxylation is 1. The summed E-state index contributed by atoms with van der Waals surface area (Å²) in [6.07, 6.45) is 0.429. The van der Waals surface area contributed by atoms with E-state index in [1.54, 1.807) is 22.7 Å². The molecule has 148 valence electrons. The van der Waals surface area contributed by atoms with Gasteiger partial charge in [-0.15, -0.1) is 0 Å². The van der Waals surface area contributed by atoms with Crippen LogP contribution in [0.1, 0.15) is 57.2 Å². The summed E-state index contributed by atoms with van der Waals surface area (Å²) in [4.78, 5) is 39.4. The minimum Gasteiger partial charge on any atom is -0.346 e. The first-order valence-electron chi connectivity index (χ1n) is 9.45. The van der Waals surface area contributed by atoms with Crippen LogP contribution >= 0.6 is 0 Å². The lowest BCUT2D eigenvalue weighted by Gasteiger charge is -2.36. The minimum absolute atomic E-state index is 0.0290. The van der Waals surface area contributed by atoms with Crippen LogP contribution in [-0.4, -0.2) is 57.1 Å². The van der Waals surface area contributed by atoms with E-state index in [9.17, 15) is 14.4 Å². The molecular weight excluding hydrogens is 346 g/mol. The maximum absolute atomic E-state index is 12.7. The van der Waals surface area contributed by atoms with E-state index in [0.29, 0.717) is 18.7 Å². The van der Waals surface area contributed by atoms with Gasteiger partial charge < -0.3 is 15.5 Å². The molecule has 2 saturated heterocycles. The summed E-state index contributed by atoms with van der Waals surface area (Å²) in [5, 5.41) is 10.2. The summed E-state index contributed by atoms with van der Waals surface area (Å²) in [6.45, 7) is 10.3. The van der Waals surface area contributed by atoms with Crippen LogP contribution in [-0.2, 0) is 22.1 Å². The SMILES string of the molecule is CC(C)[C@@H]1NC(=O)[C@@H]2C[C@H](NC(=O)c3cc(C(C)(C)C)nn3C)CN2C1=O. The van der Waals surface area contributed by atoms with Gasteiger partial charge in [0.15, 0.2) is 0 Å². The summed E-state index contributed by atoms with van der Waals surface area (Å²) in [7, 11) is 1.74. The van der Waals surface area contributed by atoms with Crippen molar-refractivity contribution in [2.45, 2.75) is 64.6 Å². The van der Waals surface area contributed by atoms with Crippen LogP contribution in [0.4, 0.5) is 0 Å². The third kappa shape index (κ3) is 3.57. The number of carbonyl (C=O) groups excluding carboxylic acids is 3. The molecule has 0 unspecified atom stereocenters. The van der Waals surface area contributed by atoms with Crippen molar-refractivity contribution in [2.75, 3.05) is 6.54 Å². The predicted molar refractivity (Wildman–Crippen MR) is 100 cm³/mol. The normalized spacial score (nSPS) is 25.6. The fraction of sp³-hybridized carbons (Fsp3) is 0.684. The Bertz CT molecular complexity index is 777. The molecule has 8 heteroatoms. The third-order valence-corrected chi connectivity index (χ3v) is 5.33. The van der Waals surface area contributed by atoms with Crippen molar-refractivity contribution in [2.24, 2.45) is 13.0 Å². The lowest BCUT2D eigenvalue weighted by Crippen LogP contribution is -2.62. The summed E-state index contributed by atoms with van der Waals surface area (Å²) in [5.74, 6) is -0.414. The van der Waals surface area contributed by atoms with Crippen LogP contribution in [0.15, 0.2) is 6.07 Å². The Balaban J connectivity index is 1.71. The maximum atomic E-state index is 12.7. The number of fused-ring (bicyclic) bond motifs is 1. The Morgan fingerprint density at radius 3 is 2.56 bits per heavy atom. The van der Waals surface area contributed by atoms with Gasteiger partial charge in [-0.1, -0.05) is 34.6 Å². The van der Waals surface area contributed by atoms with E-state index in [0.717, 1.165) is 5.69 Å². The molecule has 3 heterocycles. The van der Waals surface area contributed by atoms with Crippen LogP contribution in [0, 0.1) is 5.92 Å². The topological polar surface area (TPSA) is 96.3 Å². The van der Waals surface area contributed by atoms with Crippen LogP contribution in [0.5, 0.6) is 0 Å². The van der Waals surface area contributed by atoms with Crippen LogP contribution in [0.25, 0.3) is 0 Å². The van der Waals surface area contributed by atoms with Gasteiger partial charge in [0, 0.05) is 25.0 Å². The van der Waals surface area contributed by atoms with Gasteiger partial charge in [-0.3, -0.25) is 19.1 Å². The fourth-order valence-corrected chi connectivity index (χ4v) is 3.68. The Kier molecular flexibility index (Phi) is 4.78.